The van der Waals surface area contributed by atoms with Crippen LogP contribution >= 0.6 is 23.5 Å². The quantitative estimate of drug-likeness (QED) is 0.411. The van der Waals surface area contributed by atoms with Crippen LogP contribution in [0.15, 0.2) is 106 Å². The van der Waals surface area contributed by atoms with Gasteiger partial charge in [0.05, 0.1) is 21.8 Å². The Morgan fingerprint density at radius 3 is 2.16 bits per heavy atom. The van der Waals surface area contributed by atoms with Gasteiger partial charge in [-0.05, 0) is 44.2 Å². The van der Waals surface area contributed by atoms with Crippen molar-refractivity contribution in [1.29, 1.82) is 0 Å². The zero-order valence-corrected chi connectivity index (χ0v) is 20.5. The van der Waals surface area contributed by atoms with Crippen molar-refractivity contribution >= 4 is 34.9 Å². The molecule has 4 rings (SSSR count). The maximum Gasteiger partial charge on any atom is 0.0985 e. The number of fused-ring (bicyclic) bond motifs is 2. The lowest BCUT2D eigenvalue weighted by Crippen LogP contribution is -2.27. The lowest BCUT2D eigenvalue weighted by Gasteiger charge is -2.22. The first-order valence-corrected chi connectivity index (χ1v) is 12.8. The van der Waals surface area contributed by atoms with E-state index in [1.807, 2.05) is 37.4 Å². The molecule has 4 heteroatoms. The molecule has 1 atom stereocenters. The second-order valence-electron chi connectivity index (χ2n) is 6.74. The van der Waals surface area contributed by atoms with Crippen LogP contribution < -0.4 is 9.80 Å². The molecule has 2 aliphatic rings. The van der Waals surface area contributed by atoms with E-state index in [0.717, 1.165) is 13.1 Å². The van der Waals surface area contributed by atoms with E-state index in [-0.39, 0.29) is 0 Å². The van der Waals surface area contributed by atoms with Crippen molar-refractivity contribution in [2.24, 2.45) is 0 Å². The molecule has 0 saturated heterocycles. The van der Waals surface area contributed by atoms with Gasteiger partial charge in [-0.2, -0.15) is 0 Å². The summed E-state index contributed by atoms with van der Waals surface area (Å²) in [5.41, 5.74) is 2.66. The minimum Gasteiger partial charge on any atom is -0.355 e. The predicted molar refractivity (Wildman–Crippen MR) is 141 cm³/mol. The summed E-state index contributed by atoms with van der Waals surface area (Å²) in [6.07, 6.45) is 15.1. The van der Waals surface area contributed by atoms with Gasteiger partial charge in [0.15, 0.2) is 0 Å². The first-order valence-electron chi connectivity index (χ1n) is 11.1. The second kappa shape index (κ2) is 11.9. The zero-order valence-electron chi connectivity index (χ0n) is 18.9. The molecule has 0 amide bonds. The van der Waals surface area contributed by atoms with E-state index >= 15 is 0 Å². The standard InChI is InChI=1S/C25H26N2S2.C2H6/c1-3-26-20-14-10-12-16-22(20)28-24(26)18-8-6-5-7-9-19-25-27(4-2)21-15-11-13-17-23(21)29-25;1-2/h5-19,24H,3-4H2,1-2H3;1-2H3/b6-5+,9-7+,18-8+,25-19+;. The SMILES string of the molecule is CC.CCN1\C(=C/C=C/C=C/C=C/C2Sc3ccccc3N2CC)Sc2ccccc21. The molecule has 0 bridgehead atoms. The van der Waals surface area contributed by atoms with Crippen molar-refractivity contribution in [3.63, 3.8) is 0 Å². The van der Waals surface area contributed by atoms with Crippen LogP contribution in [0.25, 0.3) is 0 Å². The van der Waals surface area contributed by atoms with E-state index in [1.54, 1.807) is 0 Å². The highest BCUT2D eigenvalue weighted by molar-refractivity contribution is 8.03. The van der Waals surface area contributed by atoms with Gasteiger partial charge in [0, 0.05) is 22.9 Å². The van der Waals surface area contributed by atoms with E-state index in [0.29, 0.717) is 5.37 Å². The number of hydrogen-bond donors (Lipinski definition) is 0. The van der Waals surface area contributed by atoms with Crippen LogP contribution in [0.4, 0.5) is 11.4 Å². The number of thioether (sulfide) groups is 2. The van der Waals surface area contributed by atoms with Crippen molar-refractivity contribution < 1.29 is 0 Å². The molecule has 0 fully saturated rings. The Labute approximate surface area is 196 Å². The van der Waals surface area contributed by atoms with Crippen LogP contribution in [-0.2, 0) is 0 Å². The molecule has 0 aromatic heterocycles. The van der Waals surface area contributed by atoms with Crippen molar-refractivity contribution in [2.45, 2.75) is 42.9 Å². The Bertz CT molecular complexity index is 975. The number of para-hydroxylation sites is 2. The molecule has 0 saturated carbocycles. The molecule has 31 heavy (non-hydrogen) atoms. The average Bonchev–Trinajstić information content (AvgIpc) is 3.36. The van der Waals surface area contributed by atoms with Gasteiger partial charge in [-0.25, -0.2) is 0 Å². The summed E-state index contributed by atoms with van der Waals surface area (Å²) in [7, 11) is 0. The molecule has 0 N–H and O–H groups in total. The van der Waals surface area contributed by atoms with Gasteiger partial charge in [0.25, 0.3) is 0 Å². The molecular weight excluding hydrogens is 416 g/mol. The van der Waals surface area contributed by atoms with Crippen molar-refractivity contribution in [1.82, 2.24) is 0 Å². The number of allylic oxidation sites excluding steroid dienone is 6. The van der Waals surface area contributed by atoms with E-state index in [2.05, 4.69) is 115 Å². The summed E-state index contributed by atoms with van der Waals surface area (Å²) in [5.74, 6) is 0. The van der Waals surface area contributed by atoms with Crippen LogP contribution in [0, 0.1) is 0 Å². The van der Waals surface area contributed by atoms with Crippen molar-refractivity contribution in [3.8, 4) is 0 Å². The zero-order chi connectivity index (χ0) is 22.1. The van der Waals surface area contributed by atoms with Gasteiger partial charge < -0.3 is 9.80 Å². The number of anilines is 2. The van der Waals surface area contributed by atoms with E-state index in [1.165, 1.54) is 26.2 Å². The monoisotopic (exact) mass is 448 g/mol. The molecule has 0 spiro atoms. The Balaban J connectivity index is 0.00000132. The van der Waals surface area contributed by atoms with Crippen molar-refractivity contribution in [2.75, 3.05) is 22.9 Å². The maximum atomic E-state index is 2.44. The first kappa shape index (κ1) is 23.4. The highest BCUT2D eigenvalue weighted by Gasteiger charge is 2.26. The normalized spacial score (nSPS) is 18.8. The van der Waals surface area contributed by atoms with Gasteiger partial charge in [-0.3, -0.25) is 0 Å². The predicted octanol–water partition coefficient (Wildman–Crippen LogP) is 8.11. The van der Waals surface area contributed by atoms with Gasteiger partial charge in [0.1, 0.15) is 0 Å². The maximum absolute atomic E-state index is 2.44. The molecule has 0 aliphatic carbocycles. The van der Waals surface area contributed by atoms with Crippen LogP contribution in [0.2, 0.25) is 0 Å². The van der Waals surface area contributed by atoms with Crippen molar-refractivity contribution in [3.05, 3.63) is 96.1 Å². The molecule has 162 valence electrons. The molecule has 2 aromatic carbocycles. The Kier molecular flexibility index (Phi) is 8.98. The second-order valence-corrected chi connectivity index (χ2v) is 8.96. The Morgan fingerprint density at radius 1 is 0.774 bits per heavy atom. The smallest absolute Gasteiger partial charge is 0.0985 e. The fraction of sp³-hybridized carbons (Fsp3) is 0.259. The highest BCUT2D eigenvalue weighted by Crippen LogP contribution is 2.45. The summed E-state index contributed by atoms with van der Waals surface area (Å²) in [4.78, 5) is 7.51. The van der Waals surface area contributed by atoms with Crippen LogP contribution in [0.3, 0.4) is 0 Å². The Morgan fingerprint density at radius 2 is 1.42 bits per heavy atom. The van der Waals surface area contributed by atoms with Crippen LogP contribution in [0.5, 0.6) is 0 Å². The number of nitrogens with zero attached hydrogens (tertiary/aromatic N) is 2. The number of hydrogen-bond acceptors (Lipinski definition) is 4. The fourth-order valence-corrected chi connectivity index (χ4v) is 6.03. The fourth-order valence-electron chi connectivity index (χ4n) is 3.61. The third kappa shape index (κ3) is 5.50. The summed E-state index contributed by atoms with van der Waals surface area (Å²) >= 11 is 3.76. The van der Waals surface area contributed by atoms with Gasteiger partial charge >= 0.3 is 0 Å². The Hall–Kier alpha value is -2.30. The number of rotatable bonds is 6. The molecule has 1 unspecified atom stereocenters. The largest absolute Gasteiger partial charge is 0.355 e. The molecular formula is C27H32N2S2. The minimum atomic E-state index is 0.375. The number of benzene rings is 2. The summed E-state index contributed by atoms with van der Waals surface area (Å²) in [5, 5.41) is 1.66. The first-order chi connectivity index (χ1) is 15.3. The third-order valence-corrected chi connectivity index (χ3v) is 7.37. The molecule has 2 nitrogen and oxygen atoms in total. The molecule has 2 aliphatic heterocycles. The summed E-state index contributed by atoms with van der Waals surface area (Å²) in [6, 6.07) is 17.3. The lowest BCUT2D eigenvalue weighted by molar-refractivity contribution is 0.878. The van der Waals surface area contributed by atoms with E-state index in [9.17, 15) is 0 Å². The van der Waals surface area contributed by atoms with Crippen LogP contribution in [-0.4, -0.2) is 18.5 Å². The van der Waals surface area contributed by atoms with Crippen LogP contribution in [0.1, 0.15) is 27.7 Å². The van der Waals surface area contributed by atoms with Gasteiger partial charge in [-0.15, -0.1) is 0 Å². The topological polar surface area (TPSA) is 6.48 Å². The molecule has 2 heterocycles. The third-order valence-electron chi connectivity index (χ3n) is 4.98. The molecule has 0 radical (unpaired) electrons. The summed E-state index contributed by atoms with van der Waals surface area (Å²) in [6.45, 7) is 10.4. The minimum absolute atomic E-state index is 0.375. The van der Waals surface area contributed by atoms with Gasteiger partial charge in [-0.1, -0.05) is 98.1 Å². The van der Waals surface area contributed by atoms with E-state index in [4.69, 9.17) is 0 Å². The highest BCUT2D eigenvalue weighted by atomic mass is 32.2. The average molecular weight is 449 g/mol. The van der Waals surface area contributed by atoms with E-state index < -0.39 is 0 Å². The lowest BCUT2D eigenvalue weighted by atomic mass is 10.3. The molecule has 2 aromatic rings. The summed E-state index contributed by atoms with van der Waals surface area (Å²) < 4.78 is 0. The van der Waals surface area contributed by atoms with Gasteiger partial charge in [0.2, 0.25) is 0 Å². The number of likely N-dealkylation sites (N-methyl/N-ethyl adjacent to an activating group) is 1.